The highest BCUT2D eigenvalue weighted by Crippen LogP contribution is 2.19. The van der Waals surface area contributed by atoms with Gasteiger partial charge in [-0.05, 0) is 43.0 Å². The van der Waals surface area contributed by atoms with E-state index in [4.69, 9.17) is 5.11 Å². The molecule has 0 saturated carbocycles. The SMILES string of the molecule is C=CC1CCN(C(=O)c2ccc(C(=O)O)cc2)CC1. The standard InChI is InChI=1S/C15H17NO3/c1-2-11-7-9-16(10-8-11)14(17)12-3-5-13(6-4-12)15(18)19/h2-6,11H,1,7-10H2,(H,18,19). The molecule has 0 unspecified atom stereocenters. The summed E-state index contributed by atoms with van der Waals surface area (Å²) in [5.41, 5.74) is 0.740. The summed E-state index contributed by atoms with van der Waals surface area (Å²) < 4.78 is 0. The average Bonchev–Trinajstić information content (AvgIpc) is 2.46. The maximum absolute atomic E-state index is 12.2. The van der Waals surface area contributed by atoms with Crippen LogP contribution in [0.4, 0.5) is 0 Å². The normalized spacial score (nSPS) is 16.1. The number of piperidine rings is 1. The van der Waals surface area contributed by atoms with Gasteiger partial charge in [-0.3, -0.25) is 4.79 Å². The van der Waals surface area contributed by atoms with Crippen molar-refractivity contribution in [3.63, 3.8) is 0 Å². The van der Waals surface area contributed by atoms with Crippen LogP contribution in [0, 0.1) is 5.92 Å². The molecule has 1 aliphatic heterocycles. The van der Waals surface area contributed by atoms with Crippen LogP contribution >= 0.6 is 0 Å². The molecular weight excluding hydrogens is 242 g/mol. The van der Waals surface area contributed by atoms with Crippen LogP contribution < -0.4 is 0 Å². The third kappa shape index (κ3) is 3.02. The number of nitrogens with zero attached hydrogens (tertiary/aromatic N) is 1. The minimum absolute atomic E-state index is 0.0283. The number of rotatable bonds is 3. The van der Waals surface area contributed by atoms with Gasteiger partial charge >= 0.3 is 5.97 Å². The van der Waals surface area contributed by atoms with Crippen molar-refractivity contribution in [3.8, 4) is 0 Å². The number of carboxylic acids is 1. The Morgan fingerprint density at radius 1 is 1.16 bits per heavy atom. The Balaban J connectivity index is 2.04. The van der Waals surface area contributed by atoms with Crippen LogP contribution in [0.5, 0.6) is 0 Å². The van der Waals surface area contributed by atoms with Crippen LogP contribution in [0.1, 0.15) is 33.6 Å². The molecule has 2 rings (SSSR count). The van der Waals surface area contributed by atoms with Gasteiger partial charge < -0.3 is 10.0 Å². The Morgan fingerprint density at radius 3 is 2.16 bits per heavy atom. The van der Waals surface area contributed by atoms with E-state index >= 15 is 0 Å². The molecule has 1 heterocycles. The predicted molar refractivity (Wildman–Crippen MR) is 72.2 cm³/mol. The van der Waals surface area contributed by atoms with Crippen molar-refractivity contribution in [3.05, 3.63) is 48.0 Å². The Kier molecular flexibility index (Phi) is 4.00. The third-order valence-corrected chi connectivity index (χ3v) is 3.54. The summed E-state index contributed by atoms with van der Waals surface area (Å²) in [6, 6.07) is 6.08. The molecular formula is C15H17NO3. The zero-order valence-corrected chi connectivity index (χ0v) is 10.7. The van der Waals surface area contributed by atoms with E-state index in [0.717, 1.165) is 25.9 Å². The smallest absolute Gasteiger partial charge is 0.335 e. The van der Waals surface area contributed by atoms with Crippen molar-refractivity contribution in [2.45, 2.75) is 12.8 Å². The van der Waals surface area contributed by atoms with Crippen molar-refractivity contribution >= 4 is 11.9 Å². The van der Waals surface area contributed by atoms with Gasteiger partial charge in [-0.2, -0.15) is 0 Å². The van der Waals surface area contributed by atoms with Gasteiger partial charge in [0.05, 0.1) is 5.56 Å². The highest BCUT2D eigenvalue weighted by Gasteiger charge is 2.22. The molecule has 1 fully saturated rings. The first-order valence-electron chi connectivity index (χ1n) is 6.37. The van der Waals surface area contributed by atoms with Crippen LogP contribution in [0.3, 0.4) is 0 Å². The molecule has 19 heavy (non-hydrogen) atoms. The van der Waals surface area contributed by atoms with Crippen LogP contribution in [0.15, 0.2) is 36.9 Å². The van der Waals surface area contributed by atoms with Crippen molar-refractivity contribution in [2.75, 3.05) is 13.1 Å². The van der Waals surface area contributed by atoms with Crippen LogP contribution in [0.25, 0.3) is 0 Å². The minimum atomic E-state index is -0.981. The van der Waals surface area contributed by atoms with Gasteiger partial charge in [0, 0.05) is 18.7 Å². The second kappa shape index (κ2) is 5.69. The highest BCUT2D eigenvalue weighted by atomic mass is 16.4. The summed E-state index contributed by atoms with van der Waals surface area (Å²) >= 11 is 0. The fourth-order valence-electron chi connectivity index (χ4n) is 2.28. The van der Waals surface area contributed by atoms with Crippen LogP contribution in [-0.4, -0.2) is 35.0 Å². The first-order chi connectivity index (χ1) is 9.11. The van der Waals surface area contributed by atoms with Gasteiger partial charge in [0.15, 0.2) is 0 Å². The summed E-state index contributed by atoms with van der Waals surface area (Å²) in [5, 5.41) is 8.81. The van der Waals surface area contributed by atoms with Crippen molar-refractivity contribution in [2.24, 2.45) is 5.92 Å². The van der Waals surface area contributed by atoms with E-state index in [2.05, 4.69) is 6.58 Å². The van der Waals surface area contributed by atoms with Gasteiger partial charge in [-0.1, -0.05) is 6.08 Å². The Hall–Kier alpha value is -2.10. The molecule has 1 aromatic rings. The molecule has 4 heteroatoms. The van der Waals surface area contributed by atoms with E-state index in [1.165, 1.54) is 12.1 Å². The zero-order valence-electron chi connectivity index (χ0n) is 10.7. The van der Waals surface area contributed by atoms with E-state index in [1.54, 1.807) is 12.1 Å². The minimum Gasteiger partial charge on any atom is -0.478 e. The number of aromatic carboxylic acids is 1. The molecule has 1 aliphatic rings. The second-order valence-corrected chi connectivity index (χ2v) is 4.75. The molecule has 1 saturated heterocycles. The summed E-state index contributed by atoms with van der Waals surface area (Å²) in [6.45, 7) is 5.24. The second-order valence-electron chi connectivity index (χ2n) is 4.75. The van der Waals surface area contributed by atoms with E-state index in [9.17, 15) is 9.59 Å². The van der Waals surface area contributed by atoms with Gasteiger partial charge in [0.2, 0.25) is 0 Å². The molecule has 0 aliphatic carbocycles. The monoisotopic (exact) mass is 259 g/mol. The molecule has 4 nitrogen and oxygen atoms in total. The van der Waals surface area contributed by atoms with E-state index < -0.39 is 5.97 Å². The fraction of sp³-hybridized carbons (Fsp3) is 0.333. The lowest BCUT2D eigenvalue weighted by molar-refractivity contribution is 0.0687. The number of allylic oxidation sites excluding steroid dienone is 1. The number of carbonyl (C=O) groups excluding carboxylic acids is 1. The first kappa shape index (κ1) is 13.3. The first-order valence-corrected chi connectivity index (χ1v) is 6.37. The molecule has 1 N–H and O–H groups in total. The molecule has 1 amide bonds. The third-order valence-electron chi connectivity index (χ3n) is 3.54. The maximum atomic E-state index is 12.2. The van der Waals surface area contributed by atoms with Gasteiger partial charge in [-0.15, -0.1) is 6.58 Å². The van der Waals surface area contributed by atoms with Gasteiger partial charge in [0.1, 0.15) is 0 Å². The number of hydrogen-bond donors (Lipinski definition) is 1. The predicted octanol–water partition coefficient (Wildman–Crippen LogP) is 2.42. The number of benzene rings is 1. The van der Waals surface area contributed by atoms with Gasteiger partial charge in [-0.25, -0.2) is 4.79 Å². The summed E-state index contributed by atoms with van der Waals surface area (Å²) in [7, 11) is 0. The maximum Gasteiger partial charge on any atom is 0.335 e. The fourth-order valence-corrected chi connectivity index (χ4v) is 2.28. The molecule has 0 aromatic heterocycles. The van der Waals surface area contributed by atoms with E-state index in [0.29, 0.717) is 11.5 Å². The average molecular weight is 259 g/mol. The molecule has 0 spiro atoms. The van der Waals surface area contributed by atoms with Crippen molar-refractivity contribution < 1.29 is 14.7 Å². The van der Waals surface area contributed by atoms with E-state index in [1.807, 2.05) is 11.0 Å². The lowest BCUT2D eigenvalue weighted by Gasteiger charge is -2.30. The topological polar surface area (TPSA) is 57.6 Å². The molecule has 0 atom stereocenters. The lowest BCUT2D eigenvalue weighted by atomic mass is 9.96. The Labute approximate surface area is 112 Å². The number of likely N-dealkylation sites (tertiary alicyclic amines) is 1. The van der Waals surface area contributed by atoms with Crippen molar-refractivity contribution in [1.82, 2.24) is 4.90 Å². The zero-order chi connectivity index (χ0) is 13.8. The van der Waals surface area contributed by atoms with Crippen molar-refractivity contribution in [1.29, 1.82) is 0 Å². The molecule has 1 aromatic carbocycles. The highest BCUT2D eigenvalue weighted by molar-refractivity contribution is 5.95. The summed E-state index contributed by atoms with van der Waals surface area (Å²) in [4.78, 5) is 24.8. The molecule has 100 valence electrons. The van der Waals surface area contributed by atoms with Crippen LogP contribution in [0.2, 0.25) is 0 Å². The largest absolute Gasteiger partial charge is 0.478 e. The number of carboxylic acid groups (broad SMARTS) is 1. The summed E-state index contributed by atoms with van der Waals surface area (Å²) in [5.74, 6) is -0.510. The quantitative estimate of drug-likeness (QED) is 0.848. The molecule has 0 bridgehead atoms. The number of hydrogen-bond acceptors (Lipinski definition) is 2. The molecule has 0 radical (unpaired) electrons. The Bertz CT molecular complexity index is 485. The number of carbonyl (C=O) groups is 2. The lowest BCUT2D eigenvalue weighted by Crippen LogP contribution is -2.38. The number of amides is 1. The summed E-state index contributed by atoms with van der Waals surface area (Å²) in [6.07, 6.45) is 3.84. The van der Waals surface area contributed by atoms with Crippen LogP contribution in [-0.2, 0) is 0 Å². The van der Waals surface area contributed by atoms with Gasteiger partial charge in [0.25, 0.3) is 5.91 Å². The van der Waals surface area contributed by atoms with E-state index in [-0.39, 0.29) is 11.5 Å². The Morgan fingerprint density at radius 2 is 1.68 bits per heavy atom.